The van der Waals surface area contributed by atoms with E-state index in [-0.39, 0.29) is 0 Å². The Hall–Kier alpha value is -0.510. The van der Waals surface area contributed by atoms with E-state index in [0.717, 1.165) is 18.8 Å². The highest BCUT2D eigenvalue weighted by Gasteiger charge is 2.35. The Morgan fingerprint density at radius 2 is 2.24 bits per heavy atom. The van der Waals surface area contributed by atoms with Gasteiger partial charge in [0.1, 0.15) is 5.15 Å². The number of halogens is 2. The molecule has 1 aromatic heterocycles. The number of nitrogens with zero attached hydrogens (tertiary/aromatic N) is 2. The second-order valence-corrected chi connectivity index (χ2v) is 5.48. The largest absolute Gasteiger partial charge is 0.366 e. The molecule has 0 unspecified atom stereocenters. The maximum Gasteiger partial charge on any atom is 0.147 e. The topological polar surface area (TPSA) is 28.2 Å². The molecule has 3 rings (SSSR count). The third kappa shape index (κ3) is 2.12. The van der Waals surface area contributed by atoms with Crippen LogP contribution in [0.15, 0.2) is 12.3 Å². The average molecular weight is 272 g/mol. The number of pyridine rings is 1. The minimum Gasteiger partial charge on any atom is -0.366 e. The first-order chi connectivity index (χ1) is 8.25. The number of aromatic nitrogens is 1. The first-order valence-corrected chi connectivity index (χ1v) is 6.82. The first kappa shape index (κ1) is 11.6. The lowest BCUT2D eigenvalue weighted by molar-refractivity contribution is 0.412. The van der Waals surface area contributed by atoms with E-state index >= 15 is 0 Å². The number of hydrogen-bond donors (Lipinski definition) is 1. The SMILES string of the molecule is Clc1cc(N2CCC[C@@H]3NCC[C@@H]32)cnc1Cl. The molecule has 0 bridgehead atoms. The van der Waals surface area contributed by atoms with E-state index in [1.165, 1.54) is 19.3 Å². The van der Waals surface area contributed by atoms with Gasteiger partial charge in [0.05, 0.1) is 16.9 Å². The van der Waals surface area contributed by atoms with Crippen molar-refractivity contribution in [3.63, 3.8) is 0 Å². The molecule has 0 radical (unpaired) electrons. The lowest BCUT2D eigenvalue weighted by atomic mass is 9.97. The molecule has 2 saturated heterocycles. The number of rotatable bonds is 1. The van der Waals surface area contributed by atoms with E-state index in [9.17, 15) is 0 Å². The zero-order chi connectivity index (χ0) is 11.8. The number of nitrogens with one attached hydrogen (secondary N) is 1. The molecule has 0 spiro atoms. The van der Waals surface area contributed by atoms with E-state index in [1.807, 2.05) is 12.3 Å². The van der Waals surface area contributed by atoms with Crippen LogP contribution in [0, 0.1) is 0 Å². The molecule has 92 valence electrons. The van der Waals surface area contributed by atoms with Crippen LogP contribution >= 0.6 is 23.2 Å². The number of hydrogen-bond acceptors (Lipinski definition) is 3. The number of anilines is 1. The monoisotopic (exact) mass is 271 g/mol. The van der Waals surface area contributed by atoms with Crippen LogP contribution < -0.4 is 10.2 Å². The Morgan fingerprint density at radius 1 is 1.35 bits per heavy atom. The molecule has 1 N–H and O–H groups in total. The maximum absolute atomic E-state index is 6.04. The van der Waals surface area contributed by atoms with Crippen LogP contribution in [0.4, 0.5) is 5.69 Å². The van der Waals surface area contributed by atoms with Crippen molar-refractivity contribution in [1.29, 1.82) is 0 Å². The second-order valence-electron chi connectivity index (χ2n) is 4.72. The standard InChI is InChI=1S/C12H15Cl2N3/c13-9-6-8(7-16-12(9)14)17-5-1-2-10-11(17)3-4-15-10/h6-7,10-11,15H,1-5H2/t10-,11-/m0/s1. The molecule has 0 amide bonds. The van der Waals surface area contributed by atoms with Crippen LogP contribution in [-0.4, -0.2) is 30.2 Å². The van der Waals surface area contributed by atoms with Gasteiger partial charge in [0.25, 0.3) is 0 Å². The Labute approximate surface area is 111 Å². The summed E-state index contributed by atoms with van der Waals surface area (Å²) in [4.78, 5) is 6.56. The van der Waals surface area contributed by atoms with Gasteiger partial charge in [-0.25, -0.2) is 4.98 Å². The normalized spacial score (nSPS) is 28.2. The predicted molar refractivity (Wildman–Crippen MR) is 71.0 cm³/mol. The van der Waals surface area contributed by atoms with Gasteiger partial charge >= 0.3 is 0 Å². The summed E-state index contributed by atoms with van der Waals surface area (Å²) in [5.74, 6) is 0. The van der Waals surface area contributed by atoms with E-state index in [1.54, 1.807) is 0 Å². The van der Waals surface area contributed by atoms with Crippen LogP contribution in [0.5, 0.6) is 0 Å². The lowest BCUT2D eigenvalue weighted by Gasteiger charge is -2.39. The number of fused-ring (bicyclic) bond motifs is 1. The molecule has 2 aliphatic heterocycles. The highest BCUT2D eigenvalue weighted by atomic mass is 35.5. The molecule has 5 heteroatoms. The van der Waals surface area contributed by atoms with Gasteiger partial charge in [-0.15, -0.1) is 0 Å². The zero-order valence-electron chi connectivity index (χ0n) is 9.50. The summed E-state index contributed by atoms with van der Waals surface area (Å²) in [6.45, 7) is 2.20. The summed E-state index contributed by atoms with van der Waals surface area (Å²) in [7, 11) is 0. The quantitative estimate of drug-likeness (QED) is 0.797. The van der Waals surface area contributed by atoms with E-state index in [4.69, 9.17) is 23.2 Å². The van der Waals surface area contributed by atoms with Crippen molar-refractivity contribution < 1.29 is 0 Å². The van der Waals surface area contributed by atoms with Crippen LogP contribution in [0.2, 0.25) is 10.2 Å². The predicted octanol–water partition coefficient (Wildman–Crippen LogP) is 2.72. The summed E-state index contributed by atoms with van der Waals surface area (Å²) in [6.07, 6.45) is 5.52. The van der Waals surface area contributed by atoms with E-state index in [2.05, 4.69) is 15.2 Å². The van der Waals surface area contributed by atoms with Crippen LogP contribution in [0.25, 0.3) is 0 Å². The molecule has 0 saturated carbocycles. The van der Waals surface area contributed by atoms with Crippen LogP contribution in [0.1, 0.15) is 19.3 Å². The van der Waals surface area contributed by atoms with Crippen molar-refractivity contribution in [2.45, 2.75) is 31.3 Å². The minimum absolute atomic E-state index is 0.383. The molecular weight excluding hydrogens is 257 g/mol. The first-order valence-electron chi connectivity index (χ1n) is 6.07. The fraction of sp³-hybridized carbons (Fsp3) is 0.583. The molecule has 3 heterocycles. The van der Waals surface area contributed by atoms with Gasteiger partial charge in [-0.3, -0.25) is 0 Å². The van der Waals surface area contributed by atoms with Gasteiger partial charge in [0.15, 0.2) is 0 Å². The summed E-state index contributed by atoms with van der Waals surface area (Å²) in [5, 5.41) is 4.49. The average Bonchev–Trinajstić information content (AvgIpc) is 2.80. The van der Waals surface area contributed by atoms with Crippen LogP contribution in [0.3, 0.4) is 0 Å². The van der Waals surface area contributed by atoms with Gasteiger partial charge < -0.3 is 10.2 Å². The third-order valence-electron chi connectivity index (χ3n) is 3.74. The minimum atomic E-state index is 0.383. The molecule has 3 nitrogen and oxygen atoms in total. The Bertz CT molecular complexity index is 424. The highest BCUT2D eigenvalue weighted by Crippen LogP contribution is 2.31. The van der Waals surface area contributed by atoms with Gasteiger partial charge in [-0.1, -0.05) is 23.2 Å². The highest BCUT2D eigenvalue weighted by molar-refractivity contribution is 6.41. The molecule has 0 aromatic carbocycles. The molecule has 2 atom stereocenters. The molecule has 0 aliphatic carbocycles. The van der Waals surface area contributed by atoms with Gasteiger partial charge in [-0.05, 0) is 31.9 Å². The molecule has 17 heavy (non-hydrogen) atoms. The fourth-order valence-electron chi connectivity index (χ4n) is 2.96. The molecule has 2 aliphatic rings. The summed E-state index contributed by atoms with van der Waals surface area (Å²) in [6, 6.07) is 3.14. The van der Waals surface area contributed by atoms with Gasteiger partial charge in [-0.2, -0.15) is 0 Å². The smallest absolute Gasteiger partial charge is 0.147 e. The maximum atomic E-state index is 6.04. The molecule has 2 fully saturated rings. The van der Waals surface area contributed by atoms with Crippen LogP contribution in [-0.2, 0) is 0 Å². The van der Waals surface area contributed by atoms with Crippen molar-refractivity contribution >= 4 is 28.9 Å². The van der Waals surface area contributed by atoms with Crippen molar-refractivity contribution in [1.82, 2.24) is 10.3 Å². The van der Waals surface area contributed by atoms with Crippen molar-refractivity contribution in [3.05, 3.63) is 22.4 Å². The lowest BCUT2D eigenvalue weighted by Crippen LogP contribution is -2.48. The zero-order valence-corrected chi connectivity index (χ0v) is 11.0. The van der Waals surface area contributed by atoms with E-state index < -0.39 is 0 Å². The van der Waals surface area contributed by atoms with Gasteiger partial charge in [0, 0.05) is 18.6 Å². The van der Waals surface area contributed by atoms with Crippen molar-refractivity contribution in [2.24, 2.45) is 0 Å². The Balaban J connectivity index is 1.89. The fourth-order valence-corrected chi connectivity index (χ4v) is 3.22. The third-order valence-corrected chi connectivity index (χ3v) is 4.43. The van der Waals surface area contributed by atoms with Crippen molar-refractivity contribution in [2.75, 3.05) is 18.0 Å². The Kier molecular flexibility index (Phi) is 3.16. The van der Waals surface area contributed by atoms with Gasteiger partial charge in [0.2, 0.25) is 0 Å². The molecular formula is C12H15Cl2N3. The number of piperidine rings is 1. The van der Waals surface area contributed by atoms with Crippen molar-refractivity contribution in [3.8, 4) is 0 Å². The summed E-state index contributed by atoms with van der Waals surface area (Å²) in [5.41, 5.74) is 1.10. The molecule has 1 aromatic rings. The second kappa shape index (κ2) is 4.63. The Morgan fingerprint density at radius 3 is 3.06 bits per heavy atom. The van der Waals surface area contributed by atoms with E-state index in [0.29, 0.717) is 22.3 Å². The summed E-state index contributed by atoms with van der Waals surface area (Å²) < 4.78 is 0. The summed E-state index contributed by atoms with van der Waals surface area (Å²) >= 11 is 11.9.